The van der Waals surface area contributed by atoms with Gasteiger partial charge in [0, 0.05) is 6.04 Å². The Bertz CT molecular complexity index is 185. The van der Waals surface area contributed by atoms with Gasteiger partial charge < -0.3 is 0 Å². The molecule has 0 aliphatic heterocycles. The van der Waals surface area contributed by atoms with Gasteiger partial charge in [-0.15, -0.1) is 0 Å². The second-order valence-electron chi connectivity index (χ2n) is 4.81. The summed E-state index contributed by atoms with van der Waals surface area (Å²) in [5.74, 6) is 6.28. The lowest BCUT2D eigenvalue weighted by Crippen LogP contribution is -2.36. The van der Waals surface area contributed by atoms with Crippen molar-refractivity contribution in [3.63, 3.8) is 0 Å². The van der Waals surface area contributed by atoms with E-state index in [0.29, 0.717) is 6.04 Å². The number of rotatable bonds is 5. The lowest BCUT2D eigenvalue weighted by molar-refractivity contribution is 0.416. The molecular weight excluding hydrogens is 172 g/mol. The zero-order valence-corrected chi connectivity index (χ0v) is 9.55. The standard InChI is InChI=1S/C12H24N2/c1-10(2)8-12(14-13)9-11-6-4-3-5-7-11/h6,10,12,14H,3-5,7-9,13H2,1-2H3. The summed E-state index contributed by atoms with van der Waals surface area (Å²) >= 11 is 0. The maximum absolute atomic E-state index is 5.56. The van der Waals surface area contributed by atoms with Crippen LogP contribution in [0.25, 0.3) is 0 Å². The molecule has 82 valence electrons. The monoisotopic (exact) mass is 196 g/mol. The fraction of sp³-hybridized carbons (Fsp3) is 0.833. The normalized spacial score (nSPS) is 19.6. The third-order valence-corrected chi connectivity index (χ3v) is 2.89. The van der Waals surface area contributed by atoms with Crippen LogP contribution in [0.4, 0.5) is 0 Å². The summed E-state index contributed by atoms with van der Waals surface area (Å²) in [5, 5.41) is 0. The topological polar surface area (TPSA) is 38.0 Å². The van der Waals surface area contributed by atoms with Gasteiger partial charge in [0.2, 0.25) is 0 Å². The van der Waals surface area contributed by atoms with Crippen LogP contribution in [0.2, 0.25) is 0 Å². The van der Waals surface area contributed by atoms with E-state index in [2.05, 4.69) is 25.3 Å². The van der Waals surface area contributed by atoms with Crippen LogP contribution in [-0.2, 0) is 0 Å². The number of hydrogen-bond donors (Lipinski definition) is 2. The van der Waals surface area contributed by atoms with Crippen LogP contribution in [0.5, 0.6) is 0 Å². The molecule has 14 heavy (non-hydrogen) atoms. The molecule has 1 aliphatic rings. The van der Waals surface area contributed by atoms with Gasteiger partial charge in [-0.1, -0.05) is 25.5 Å². The molecule has 0 saturated carbocycles. The Morgan fingerprint density at radius 3 is 2.71 bits per heavy atom. The summed E-state index contributed by atoms with van der Waals surface area (Å²) in [6.07, 6.45) is 10.0. The van der Waals surface area contributed by atoms with Crippen molar-refractivity contribution in [3.8, 4) is 0 Å². The molecule has 1 rings (SSSR count). The third-order valence-electron chi connectivity index (χ3n) is 2.89. The first-order chi connectivity index (χ1) is 6.72. The molecule has 2 nitrogen and oxygen atoms in total. The Morgan fingerprint density at radius 1 is 1.43 bits per heavy atom. The van der Waals surface area contributed by atoms with Crippen LogP contribution in [0.3, 0.4) is 0 Å². The van der Waals surface area contributed by atoms with E-state index in [-0.39, 0.29) is 0 Å². The molecule has 0 bridgehead atoms. The minimum Gasteiger partial charge on any atom is -0.271 e. The Morgan fingerprint density at radius 2 is 2.21 bits per heavy atom. The van der Waals surface area contributed by atoms with E-state index >= 15 is 0 Å². The highest BCUT2D eigenvalue weighted by molar-refractivity contribution is 5.06. The van der Waals surface area contributed by atoms with E-state index in [1.807, 2.05) is 0 Å². The van der Waals surface area contributed by atoms with Gasteiger partial charge in [-0.25, -0.2) is 0 Å². The van der Waals surface area contributed by atoms with Gasteiger partial charge in [-0.2, -0.15) is 0 Å². The van der Waals surface area contributed by atoms with Crippen molar-refractivity contribution in [2.24, 2.45) is 11.8 Å². The van der Waals surface area contributed by atoms with Gasteiger partial charge in [0.1, 0.15) is 0 Å². The molecular formula is C12H24N2. The lowest BCUT2D eigenvalue weighted by atomic mass is 9.91. The number of hydrogen-bond acceptors (Lipinski definition) is 2. The van der Waals surface area contributed by atoms with Gasteiger partial charge in [0.15, 0.2) is 0 Å². The first kappa shape index (κ1) is 11.7. The van der Waals surface area contributed by atoms with Gasteiger partial charge >= 0.3 is 0 Å². The fourth-order valence-electron chi connectivity index (χ4n) is 2.19. The lowest BCUT2D eigenvalue weighted by Gasteiger charge is -2.21. The minimum atomic E-state index is 0.472. The molecule has 0 fully saturated rings. The molecule has 0 amide bonds. The van der Waals surface area contributed by atoms with Crippen molar-refractivity contribution in [1.29, 1.82) is 0 Å². The molecule has 1 aliphatic carbocycles. The summed E-state index contributed by atoms with van der Waals surface area (Å²) < 4.78 is 0. The molecule has 0 heterocycles. The Balaban J connectivity index is 2.35. The van der Waals surface area contributed by atoms with Gasteiger partial charge in [-0.05, 0) is 44.4 Å². The average molecular weight is 196 g/mol. The largest absolute Gasteiger partial charge is 0.271 e. The first-order valence-electron chi connectivity index (χ1n) is 5.86. The molecule has 0 spiro atoms. The highest BCUT2D eigenvalue weighted by atomic mass is 15.2. The number of nitrogens with one attached hydrogen (secondary N) is 1. The van der Waals surface area contributed by atoms with Gasteiger partial charge in [-0.3, -0.25) is 11.3 Å². The molecule has 0 aromatic carbocycles. The summed E-state index contributed by atoms with van der Waals surface area (Å²) in [5.41, 5.74) is 4.55. The van der Waals surface area contributed by atoms with Crippen LogP contribution in [0.15, 0.2) is 11.6 Å². The van der Waals surface area contributed by atoms with Crippen molar-refractivity contribution in [2.75, 3.05) is 0 Å². The zero-order chi connectivity index (χ0) is 10.4. The van der Waals surface area contributed by atoms with Crippen molar-refractivity contribution >= 4 is 0 Å². The van der Waals surface area contributed by atoms with E-state index in [0.717, 1.165) is 12.3 Å². The third kappa shape index (κ3) is 4.25. The average Bonchev–Trinajstić information content (AvgIpc) is 2.17. The summed E-state index contributed by atoms with van der Waals surface area (Å²) in [4.78, 5) is 0. The Labute approximate surface area is 87.9 Å². The predicted molar refractivity (Wildman–Crippen MR) is 61.7 cm³/mol. The molecule has 1 atom stereocenters. The van der Waals surface area contributed by atoms with E-state index in [4.69, 9.17) is 5.84 Å². The summed E-state index contributed by atoms with van der Waals surface area (Å²) in [7, 11) is 0. The number of allylic oxidation sites excluding steroid dienone is 1. The van der Waals surface area contributed by atoms with E-state index in [1.165, 1.54) is 32.1 Å². The van der Waals surface area contributed by atoms with Crippen LogP contribution in [0.1, 0.15) is 52.4 Å². The molecule has 0 aromatic heterocycles. The van der Waals surface area contributed by atoms with Crippen molar-refractivity contribution < 1.29 is 0 Å². The maximum Gasteiger partial charge on any atom is 0.0250 e. The minimum absolute atomic E-state index is 0.472. The Kier molecular flexibility index (Phi) is 5.20. The maximum atomic E-state index is 5.56. The van der Waals surface area contributed by atoms with Crippen LogP contribution in [-0.4, -0.2) is 6.04 Å². The summed E-state index contributed by atoms with van der Waals surface area (Å²) in [6, 6.07) is 0.472. The van der Waals surface area contributed by atoms with E-state index in [1.54, 1.807) is 5.57 Å². The second kappa shape index (κ2) is 6.20. The highest BCUT2D eigenvalue weighted by Crippen LogP contribution is 2.22. The smallest absolute Gasteiger partial charge is 0.0250 e. The highest BCUT2D eigenvalue weighted by Gasteiger charge is 2.12. The SMILES string of the molecule is CC(C)CC(CC1=CCCCC1)NN. The van der Waals surface area contributed by atoms with Crippen LogP contribution < -0.4 is 11.3 Å². The molecule has 1 unspecified atom stereocenters. The molecule has 0 aromatic rings. The predicted octanol–water partition coefficient (Wildman–Crippen LogP) is 2.75. The molecule has 2 heteroatoms. The van der Waals surface area contributed by atoms with Crippen molar-refractivity contribution in [3.05, 3.63) is 11.6 Å². The van der Waals surface area contributed by atoms with Crippen LogP contribution in [0, 0.1) is 5.92 Å². The van der Waals surface area contributed by atoms with Crippen LogP contribution >= 0.6 is 0 Å². The second-order valence-corrected chi connectivity index (χ2v) is 4.81. The van der Waals surface area contributed by atoms with E-state index in [9.17, 15) is 0 Å². The zero-order valence-electron chi connectivity index (χ0n) is 9.55. The van der Waals surface area contributed by atoms with E-state index < -0.39 is 0 Å². The number of hydrazine groups is 1. The van der Waals surface area contributed by atoms with Crippen molar-refractivity contribution in [2.45, 2.75) is 58.4 Å². The van der Waals surface area contributed by atoms with Gasteiger partial charge in [0.05, 0.1) is 0 Å². The molecule has 3 N–H and O–H groups in total. The molecule has 0 radical (unpaired) electrons. The Hall–Kier alpha value is -0.340. The van der Waals surface area contributed by atoms with Crippen molar-refractivity contribution in [1.82, 2.24) is 5.43 Å². The summed E-state index contributed by atoms with van der Waals surface area (Å²) in [6.45, 7) is 4.50. The molecule has 0 saturated heterocycles. The number of nitrogens with two attached hydrogens (primary N) is 1. The fourth-order valence-corrected chi connectivity index (χ4v) is 2.19. The quantitative estimate of drug-likeness (QED) is 0.403. The van der Waals surface area contributed by atoms with Gasteiger partial charge in [0.25, 0.3) is 0 Å². The first-order valence-corrected chi connectivity index (χ1v) is 5.86.